The van der Waals surface area contributed by atoms with Crippen molar-refractivity contribution in [1.82, 2.24) is 4.90 Å². The molecule has 0 saturated carbocycles. The minimum absolute atomic E-state index is 0.0665. The Balaban J connectivity index is 3.32. The van der Waals surface area contributed by atoms with Gasteiger partial charge in [0.2, 0.25) is 0 Å². The van der Waals surface area contributed by atoms with Crippen molar-refractivity contribution < 1.29 is 29.0 Å². The van der Waals surface area contributed by atoms with Crippen molar-refractivity contribution in [3.05, 3.63) is 30.9 Å². The molecule has 0 bridgehead atoms. The van der Waals surface area contributed by atoms with Gasteiger partial charge in [0.15, 0.2) is 0 Å². The van der Waals surface area contributed by atoms with Crippen LogP contribution in [0.25, 0.3) is 0 Å². The molecule has 2 amide bonds. The van der Waals surface area contributed by atoms with Gasteiger partial charge in [-0.3, -0.25) is 0 Å². The largest absolute Gasteiger partial charge is 0.480 e. The number of hydrogen-bond donors (Lipinski definition) is 1. The molecule has 0 spiro atoms. The van der Waals surface area contributed by atoms with Crippen LogP contribution in [-0.2, 0) is 20.7 Å². The number of carbonyl (C=O) groups is 3. The summed E-state index contributed by atoms with van der Waals surface area (Å²) in [5.74, 6) is -1.33. The van der Waals surface area contributed by atoms with Gasteiger partial charge in [0.25, 0.3) is 0 Å². The number of carboxylic acid groups (broad SMARTS) is 1. The molecule has 1 rings (SSSR count). The van der Waals surface area contributed by atoms with Crippen LogP contribution in [0.5, 0.6) is 0 Å². The summed E-state index contributed by atoms with van der Waals surface area (Å²) in [5.41, 5.74) is -1.11. The molecule has 0 heterocycles. The number of benzene rings is 1. The highest BCUT2D eigenvalue weighted by Crippen LogP contribution is 2.22. The molecular weight excluding hydrogens is 592 g/mol. The highest BCUT2D eigenvalue weighted by Gasteiger charge is 2.40. The highest BCUT2D eigenvalue weighted by atomic mass is 127. The van der Waals surface area contributed by atoms with Crippen molar-refractivity contribution in [3.8, 4) is 0 Å². The van der Waals surface area contributed by atoms with Crippen LogP contribution >= 0.6 is 45.2 Å². The number of imide groups is 1. The van der Waals surface area contributed by atoms with Gasteiger partial charge in [0.05, 0.1) is 0 Å². The number of aliphatic carboxylic acids is 1. The van der Waals surface area contributed by atoms with E-state index in [0.29, 0.717) is 10.5 Å². The Bertz CT molecular complexity index is 724. The fourth-order valence-corrected chi connectivity index (χ4v) is 3.96. The molecule has 1 N–H and O–H groups in total. The summed E-state index contributed by atoms with van der Waals surface area (Å²) < 4.78 is 12.4. The van der Waals surface area contributed by atoms with Crippen LogP contribution in [-0.4, -0.2) is 45.4 Å². The van der Waals surface area contributed by atoms with Gasteiger partial charge in [-0.2, -0.15) is 4.90 Å². The molecule has 28 heavy (non-hydrogen) atoms. The number of amides is 2. The smallest absolute Gasteiger partial charge is 0.420 e. The van der Waals surface area contributed by atoms with Crippen molar-refractivity contribution in [2.75, 3.05) is 0 Å². The third-order valence-electron chi connectivity index (χ3n) is 3.21. The Morgan fingerprint density at radius 3 is 1.82 bits per heavy atom. The number of hydrogen-bond acceptors (Lipinski definition) is 5. The average Bonchev–Trinajstić information content (AvgIpc) is 2.44. The zero-order valence-corrected chi connectivity index (χ0v) is 21.0. The van der Waals surface area contributed by atoms with E-state index in [1.165, 1.54) is 0 Å². The van der Waals surface area contributed by atoms with Gasteiger partial charge >= 0.3 is 18.2 Å². The number of nitrogens with zero attached hydrogens (tertiary/aromatic N) is 1. The Labute approximate surface area is 192 Å². The highest BCUT2D eigenvalue weighted by molar-refractivity contribution is 14.1. The first kappa shape index (κ1) is 24.9. The van der Waals surface area contributed by atoms with Crippen molar-refractivity contribution in [3.63, 3.8) is 0 Å². The van der Waals surface area contributed by atoms with E-state index >= 15 is 0 Å². The van der Waals surface area contributed by atoms with Gasteiger partial charge in [0.1, 0.15) is 17.2 Å². The molecule has 1 aromatic rings. The molecule has 0 aliphatic heterocycles. The van der Waals surface area contributed by atoms with E-state index in [2.05, 4.69) is 45.2 Å². The quantitative estimate of drug-likeness (QED) is 0.475. The van der Waals surface area contributed by atoms with Crippen LogP contribution in [0.15, 0.2) is 18.2 Å². The minimum Gasteiger partial charge on any atom is -0.480 e. The Kier molecular flexibility index (Phi) is 8.54. The Morgan fingerprint density at radius 2 is 1.46 bits per heavy atom. The first-order valence-electron chi connectivity index (χ1n) is 8.52. The van der Waals surface area contributed by atoms with E-state index in [1.807, 2.05) is 12.1 Å². The summed E-state index contributed by atoms with van der Waals surface area (Å²) >= 11 is 4.25. The normalized spacial score (nSPS) is 12.9. The molecule has 7 nitrogen and oxygen atoms in total. The predicted molar refractivity (Wildman–Crippen MR) is 121 cm³/mol. The number of halogens is 2. The number of ether oxygens (including phenoxy) is 2. The lowest BCUT2D eigenvalue weighted by molar-refractivity contribution is -0.143. The Morgan fingerprint density at radius 1 is 1.00 bits per heavy atom. The van der Waals surface area contributed by atoms with Crippen LogP contribution < -0.4 is 0 Å². The van der Waals surface area contributed by atoms with E-state index in [0.717, 1.165) is 7.14 Å². The summed E-state index contributed by atoms with van der Waals surface area (Å²) in [4.78, 5) is 37.9. The second-order valence-electron chi connectivity index (χ2n) is 8.12. The lowest BCUT2D eigenvalue weighted by Crippen LogP contribution is -2.52. The molecule has 9 heteroatoms. The van der Waals surface area contributed by atoms with Crippen LogP contribution in [0.1, 0.15) is 47.1 Å². The number of carboxylic acids is 1. The summed E-state index contributed by atoms with van der Waals surface area (Å²) in [6.45, 7) is 9.81. The molecule has 0 aliphatic rings. The molecule has 0 unspecified atom stereocenters. The van der Waals surface area contributed by atoms with Crippen molar-refractivity contribution in [2.45, 2.75) is 65.2 Å². The number of carbonyl (C=O) groups excluding carboxylic acids is 2. The standard InChI is InChI=1S/C19H25I2NO6/c1-18(2,3)27-16(25)22(17(26)28-19(4,5)6)14(15(23)24)9-11-7-8-12(20)10-13(11)21/h7-8,10,14H,9H2,1-6H3,(H,23,24)/t14-/m0/s1. The maximum absolute atomic E-state index is 12.7. The first-order chi connectivity index (χ1) is 12.6. The van der Waals surface area contributed by atoms with Crippen molar-refractivity contribution >= 4 is 63.3 Å². The van der Waals surface area contributed by atoms with Crippen molar-refractivity contribution in [2.24, 2.45) is 0 Å². The lowest BCUT2D eigenvalue weighted by Gasteiger charge is -2.31. The molecule has 1 aromatic carbocycles. The monoisotopic (exact) mass is 617 g/mol. The third-order valence-corrected chi connectivity index (χ3v) is 4.88. The third kappa shape index (κ3) is 8.10. The topological polar surface area (TPSA) is 93.1 Å². The van der Waals surface area contributed by atoms with E-state index in [9.17, 15) is 19.5 Å². The molecule has 156 valence electrons. The van der Waals surface area contributed by atoms with Gasteiger partial charge < -0.3 is 14.6 Å². The predicted octanol–water partition coefficient (Wildman–Crippen LogP) is 5.06. The van der Waals surface area contributed by atoms with Gasteiger partial charge in [0, 0.05) is 13.6 Å². The second kappa shape index (κ2) is 9.59. The van der Waals surface area contributed by atoms with E-state index < -0.39 is 35.4 Å². The van der Waals surface area contributed by atoms with E-state index in [1.54, 1.807) is 47.6 Å². The average molecular weight is 617 g/mol. The fraction of sp³-hybridized carbons (Fsp3) is 0.526. The Hall–Kier alpha value is -1.11. The lowest BCUT2D eigenvalue weighted by atomic mass is 10.1. The van der Waals surface area contributed by atoms with Gasteiger partial charge in [-0.1, -0.05) is 6.07 Å². The minimum atomic E-state index is -1.47. The first-order valence-corrected chi connectivity index (χ1v) is 10.7. The maximum atomic E-state index is 12.7. The molecule has 0 fully saturated rings. The zero-order valence-electron chi connectivity index (χ0n) is 16.7. The number of rotatable bonds is 4. The maximum Gasteiger partial charge on any atom is 0.420 e. The SMILES string of the molecule is CC(C)(C)OC(=O)N(C(=O)OC(C)(C)C)[C@@H](Cc1ccc(I)cc1I)C(=O)O. The van der Waals surface area contributed by atoms with Gasteiger partial charge in [-0.15, -0.1) is 0 Å². The second-order valence-corrected chi connectivity index (χ2v) is 10.5. The fourth-order valence-electron chi connectivity index (χ4n) is 2.14. The summed E-state index contributed by atoms with van der Waals surface area (Å²) in [6.07, 6.45) is -2.19. The van der Waals surface area contributed by atoms with Gasteiger partial charge in [-0.05, 0) is 104 Å². The molecule has 0 aliphatic carbocycles. The molecule has 1 atom stereocenters. The van der Waals surface area contributed by atoms with Crippen LogP contribution in [0.4, 0.5) is 9.59 Å². The van der Waals surface area contributed by atoms with Gasteiger partial charge in [-0.25, -0.2) is 14.4 Å². The summed E-state index contributed by atoms with van der Waals surface area (Å²) in [7, 11) is 0. The summed E-state index contributed by atoms with van der Waals surface area (Å²) in [5, 5.41) is 9.78. The molecular formula is C19H25I2NO6. The van der Waals surface area contributed by atoms with Crippen LogP contribution in [0.2, 0.25) is 0 Å². The van der Waals surface area contributed by atoms with Crippen LogP contribution in [0, 0.1) is 7.14 Å². The van der Waals surface area contributed by atoms with Crippen LogP contribution in [0.3, 0.4) is 0 Å². The molecule has 0 radical (unpaired) electrons. The summed E-state index contributed by atoms with van der Waals surface area (Å²) in [6, 6.07) is 4.03. The van der Waals surface area contributed by atoms with Crippen molar-refractivity contribution in [1.29, 1.82) is 0 Å². The van der Waals surface area contributed by atoms with E-state index in [-0.39, 0.29) is 6.42 Å². The molecule has 0 saturated heterocycles. The van der Waals surface area contributed by atoms with E-state index in [4.69, 9.17) is 9.47 Å². The molecule has 0 aromatic heterocycles. The zero-order chi connectivity index (χ0) is 21.9.